The second kappa shape index (κ2) is 9.90. The van der Waals surface area contributed by atoms with Crippen molar-refractivity contribution in [2.45, 2.75) is 26.9 Å². The van der Waals surface area contributed by atoms with Gasteiger partial charge < -0.3 is 15.4 Å². The lowest BCUT2D eigenvalue weighted by Gasteiger charge is -2.10. The molecule has 0 radical (unpaired) electrons. The average Bonchev–Trinajstić information content (AvgIpc) is 3.19. The van der Waals surface area contributed by atoms with Crippen LogP contribution in [0.3, 0.4) is 0 Å². The normalized spacial score (nSPS) is 10.9. The van der Waals surface area contributed by atoms with Crippen molar-refractivity contribution in [2.75, 3.05) is 10.6 Å². The Morgan fingerprint density at radius 3 is 2.34 bits per heavy atom. The van der Waals surface area contributed by atoms with Gasteiger partial charge in [0, 0.05) is 23.1 Å². The standard InChI is InChI=1S/C25H22N4O5S/c1-14(2)34-24(33)16-8-7-11-18(13-16)28-22(31)20-21(23(32)27-17-9-5-4-6-10-17)35-25-26-15(3)12-19(30)29(20)25/h4-14H,1-3H3,(H,27,32)(H,28,31). The number of aryl methyl sites for hydroxylation is 1. The Bertz CT molecular complexity index is 1490. The van der Waals surface area contributed by atoms with Crippen LogP contribution in [0.1, 0.15) is 50.1 Å². The summed E-state index contributed by atoms with van der Waals surface area (Å²) in [6, 6.07) is 16.3. The molecule has 0 fully saturated rings. The van der Waals surface area contributed by atoms with Gasteiger partial charge in [-0.25, -0.2) is 14.2 Å². The molecule has 2 amide bonds. The molecular formula is C25H22N4O5S. The van der Waals surface area contributed by atoms with Gasteiger partial charge in [0.05, 0.1) is 11.7 Å². The van der Waals surface area contributed by atoms with E-state index in [1.807, 2.05) is 6.07 Å². The van der Waals surface area contributed by atoms with Crippen LogP contribution in [0.25, 0.3) is 4.96 Å². The van der Waals surface area contributed by atoms with Crippen LogP contribution in [0.15, 0.2) is 65.5 Å². The largest absolute Gasteiger partial charge is 0.459 e. The maximum absolute atomic E-state index is 13.4. The van der Waals surface area contributed by atoms with Gasteiger partial charge in [0.1, 0.15) is 10.6 Å². The van der Waals surface area contributed by atoms with E-state index in [4.69, 9.17) is 4.74 Å². The fourth-order valence-corrected chi connectivity index (χ4v) is 4.42. The molecule has 178 valence electrons. The van der Waals surface area contributed by atoms with E-state index in [2.05, 4.69) is 15.6 Å². The first-order valence-electron chi connectivity index (χ1n) is 10.7. The molecule has 0 saturated carbocycles. The number of hydrogen-bond acceptors (Lipinski definition) is 7. The highest BCUT2D eigenvalue weighted by Gasteiger charge is 2.26. The first-order chi connectivity index (χ1) is 16.7. The third-order valence-corrected chi connectivity index (χ3v) is 5.84. The number of thiazole rings is 1. The monoisotopic (exact) mass is 490 g/mol. The first-order valence-corrected chi connectivity index (χ1v) is 11.6. The molecule has 0 spiro atoms. The van der Waals surface area contributed by atoms with Crippen molar-refractivity contribution in [1.29, 1.82) is 0 Å². The summed E-state index contributed by atoms with van der Waals surface area (Å²) in [4.78, 5) is 56.1. The molecule has 0 atom stereocenters. The van der Waals surface area contributed by atoms with Crippen LogP contribution in [0.2, 0.25) is 0 Å². The van der Waals surface area contributed by atoms with Crippen molar-refractivity contribution >= 4 is 45.5 Å². The van der Waals surface area contributed by atoms with Crippen molar-refractivity contribution < 1.29 is 19.1 Å². The average molecular weight is 491 g/mol. The quantitative estimate of drug-likeness (QED) is 0.392. The Hall–Kier alpha value is -4.31. The first kappa shape index (κ1) is 23.8. The molecule has 2 N–H and O–H groups in total. The number of esters is 1. The fraction of sp³-hybridized carbons (Fsp3) is 0.160. The van der Waals surface area contributed by atoms with Crippen molar-refractivity contribution in [3.05, 3.63) is 92.8 Å². The van der Waals surface area contributed by atoms with Crippen LogP contribution in [0.4, 0.5) is 11.4 Å². The molecule has 10 heteroatoms. The molecule has 0 aliphatic rings. The molecule has 4 rings (SSSR count). The third kappa shape index (κ3) is 5.28. The molecule has 9 nitrogen and oxygen atoms in total. The Labute approximate surface area is 204 Å². The topological polar surface area (TPSA) is 119 Å². The van der Waals surface area contributed by atoms with Gasteiger partial charge in [-0.15, -0.1) is 0 Å². The molecular weight excluding hydrogens is 468 g/mol. The van der Waals surface area contributed by atoms with Gasteiger partial charge in [-0.3, -0.25) is 14.4 Å². The number of rotatable bonds is 6. The smallest absolute Gasteiger partial charge is 0.338 e. The number of benzene rings is 2. The second-order valence-electron chi connectivity index (χ2n) is 7.94. The summed E-state index contributed by atoms with van der Waals surface area (Å²) in [5.41, 5.74) is 0.926. The van der Waals surface area contributed by atoms with Gasteiger partial charge in [0.25, 0.3) is 17.4 Å². The molecule has 0 aliphatic carbocycles. The summed E-state index contributed by atoms with van der Waals surface area (Å²) in [7, 11) is 0. The minimum atomic E-state index is -0.698. The minimum Gasteiger partial charge on any atom is -0.459 e. The number of amides is 2. The van der Waals surface area contributed by atoms with Crippen LogP contribution in [0.5, 0.6) is 0 Å². The van der Waals surface area contributed by atoms with E-state index in [1.165, 1.54) is 12.1 Å². The summed E-state index contributed by atoms with van der Waals surface area (Å²) < 4.78 is 6.32. The lowest BCUT2D eigenvalue weighted by Crippen LogP contribution is -2.25. The summed E-state index contributed by atoms with van der Waals surface area (Å²) >= 11 is 0.938. The van der Waals surface area contributed by atoms with E-state index >= 15 is 0 Å². The zero-order chi connectivity index (χ0) is 25.1. The van der Waals surface area contributed by atoms with Crippen molar-refractivity contribution in [1.82, 2.24) is 9.38 Å². The summed E-state index contributed by atoms with van der Waals surface area (Å²) in [6.07, 6.45) is -0.300. The number of aromatic nitrogens is 2. The van der Waals surface area contributed by atoms with E-state index in [0.717, 1.165) is 15.7 Å². The van der Waals surface area contributed by atoms with Crippen LogP contribution in [-0.2, 0) is 4.74 Å². The Morgan fingerprint density at radius 1 is 0.943 bits per heavy atom. The Kier molecular flexibility index (Phi) is 6.74. The maximum Gasteiger partial charge on any atom is 0.338 e. The molecule has 2 aromatic heterocycles. The molecule has 0 saturated heterocycles. The molecule has 0 aliphatic heterocycles. The van der Waals surface area contributed by atoms with E-state index in [1.54, 1.807) is 63.2 Å². The van der Waals surface area contributed by atoms with E-state index in [9.17, 15) is 19.2 Å². The molecule has 4 aromatic rings. The number of carbonyl (C=O) groups is 3. The predicted molar refractivity (Wildman–Crippen MR) is 133 cm³/mol. The lowest BCUT2D eigenvalue weighted by atomic mass is 10.2. The molecule has 0 bridgehead atoms. The number of nitrogens with one attached hydrogen (secondary N) is 2. The van der Waals surface area contributed by atoms with Gasteiger partial charge in [0.15, 0.2) is 4.96 Å². The number of hydrogen-bond donors (Lipinski definition) is 2. The van der Waals surface area contributed by atoms with E-state index in [-0.39, 0.29) is 27.2 Å². The van der Waals surface area contributed by atoms with Crippen LogP contribution < -0.4 is 16.2 Å². The highest BCUT2D eigenvalue weighted by molar-refractivity contribution is 7.19. The van der Waals surface area contributed by atoms with Crippen LogP contribution in [0, 0.1) is 6.92 Å². The van der Waals surface area contributed by atoms with Gasteiger partial charge in [-0.2, -0.15) is 0 Å². The summed E-state index contributed by atoms with van der Waals surface area (Å²) in [5, 5.41) is 5.42. The number of para-hydroxylation sites is 1. The van der Waals surface area contributed by atoms with Crippen molar-refractivity contribution in [3.63, 3.8) is 0 Å². The molecule has 35 heavy (non-hydrogen) atoms. The zero-order valence-electron chi connectivity index (χ0n) is 19.2. The van der Waals surface area contributed by atoms with E-state index < -0.39 is 23.3 Å². The Balaban J connectivity index is 1.73. The van der Waals surface area contributed by atoms with E-state index in [0.29, 0.717) is 17.1 Å². The fourth-order valence-electron chi connectivity index (χ4n) is 3.35. The number of nitrogens with zero attached hydrogens (tertiary/aromatic N) is 2. The van der Waals surface area contributed by atoms with Gasteiger partial charge in [0.2, 0.25) is 0 Å². The Morgan fingerprint density at radius 2 is 1.63 bits per heavy atom. The van der Waals surface area contributed by atoms with Crippen molar-refractivity contribution in [3.8, 4) is 0 Å². The molecule has 2 heterocycles. The maximum atomic E-state index is 13.4. The third-order valence-electron chi connectivity index (χ3n) is 4.80. The number of ether oxygens (including phenoxy) is 1. The number of fused-ring (bicyclic) bond motifs is 1. The van der Waals surface area contributed by atoms with Gasteiger partial charge >= 0.3 is 5.97 Å². The minimum absolute atomic E-state index is 0.0249. The van der Waals surface area contributed by atoms with Gasteiger partial charge in [-0.05, 0) is 51.1 Å². The SMILES string of the molecule is Cc1cc(=O)n2c(C(=O)Nc3cccc(C(=O)OC(C)C)c3)c(C(=O)Nc3ccccc3)sc2n1. The highest BCUT2D eigenvalue weighted by Crippen LogP contribution is 2.24. The second-order valence-corrected chi connectivity index (χ2v) is 8.92. The van der Waals surface area contributed by atoms with Crippen molar-refractivity contribution in [2.24, 2.45) is 0 Å². The number of anilines is 2. The zero-order valence-corrected chi connectivity index (χ0v) is 20.0. The molecule has 0 unspecified atom stereocenters. The highest BCUT2D eigenvalue weighted by atomic mass is 32.1. The van der Waals surface area contributed by atoms with Crippen LogP contribution in [-0.4, -0.2) is 33.3 Å². The predicted octanol–water partition coefficient (Wildman–Crippen LogP) is 4.13. The summed E-state index contributed by atoms with van der Waals surface area (Å²) in [6.45, 7) is 5.13. The van der Waals surface area contributed by atoms with Crippen LogP contribution >= 0.6 is 11.3 Å². The van der Waals surface area contributed by atoms with Gasteiger partial charge in [-0.1, -0.05) is 35.6 Å². The number of carbonyl (C=O) groups excluding carboxylic acids is 3. The lowest BCUT2D eigenvalue weighted by molar-refractivity contribution is 0.0377. The molecule has 2 aromatic carbocycles. The summed E-state index contributed by atoms with van der Waals surface area (Å²) in [5.74, 6) is -1.78.